The molecule has 2 aliphatic rings. The van der Waals surface area contributed by atoms with Crippen molar-refractivity contribution >= 4 is 17.7 Å². The third-order valence-electron chi connectivity index (χ3n) is 7.08. The van der Waals surface area contributed by atoms with Crippen LogP contribution in [-0.4, -0.2) is 36.5 Å². The van der Waals surface area contributed by atoms with Crippen molar-refractivity contribution in [3.8, 4) is 16.9 Å². The van der Waals surface area contributed by atoms with Gasteiger partial charge >= 0.3 is 18.1 Å². The van der Waals surface area contributed by atoms with Crippen LogP contribution < -0.4 is 4.74 Å². The number of alkyl halides is 3. The number of hydrogen-bond acceptors (Lipinski definition) is 6. The first kappa shape index (κ1) is 27.2. The average Bonchev–Trinajstić information content (AvgIpc) is 3.46. The topological polar surface area (TPSA) is 78.9 Å². The molecular formula is C31H25F3O6. The number of fused-ring (bicyclic) bond motifs is 1. The second-order valence-electron chi connectivity index (χ2n) is 9.74. The fourth-order valence-corrected chi connectivity index (χ4v) is 5.11. The van der Waals surface area contributed by atoms with Gasteiger partial charge in [0.25, 0.3) is 0 Å². The lowest BCUT2D eigenvalue weighted by Gasteiger charge is -2.20. The Kier molecular flexibility index (Phi) is 7.73. The van der Waals surface area contributed by atoms with Crippen LogP contribution in [0, 0.1) is 11.8 Å². The second kappa shape index (κ2) is 11.4. The molecule has 0 N–H and O–H groups in total. The Bertz CT molecular complexity index is 1410. The van der Waals surface area contributed by atoms with Crippen molar-refractivity contribution in [2.75, 3.05) is 6.61 Å². The van der Waals surface area contributed by atoms with E-state index in [2.05, 4.69) is 0 Å². The number of ketones is 1. The molecule has 6 nitrogen and oxygen atoms in total. The summed E-state index contributed by atoms with van der Waals surface area (Å²) in [6, 6.07) is 21.0. The standard InChI is InChI=1S/C31H25F3O6/c32-31(33,34)22-7-4-8-24(15-22)38-18-23(35)13-14-25-26-16-29(36)39-28(26)17-27(25)40-30(37)21-11-9-20(10-12-21)19-5-2-1-3-6-19/h1-15,25-28H,16-18H2/b14-13+. The number of carbonyl (C=O) groups excluding carboxylic acids is 3. The Morgan fingerprint density at radius 1 is 0.950 bits per heavy atom. The quantitative estimate of drug-likeness (QED) is 0.251. The summed E-state index contributed by atoms with van der Waals surface area (Å²) in [5, 5.41) is 0. The zero-order chi connectivity index (χ0) is 28.3. The van der Waals surface area contributed by atoms with Crippen LogP contribution in [0.25, 0.3) is 11.1 Å². The number of benzene rings is 3. The zero-order valence-corrected chi connectivity index (χ0v) is 21.2. The summed E-state index contributed by atoms with van der Waals surface area (Å²) in [6.45, 7) is -0.480. The van der Waals surface area contributed by atoms with E-state index >= 15 is 0 Å². The van der Waals surface area contributed by atoms with E-state index in [9.17, 15) is 27.6 Å². The average molecular weight is 551 g/mol. The zero-order valence-electron chi connectivity index (χ0n) is 21.2. The Balaban J connectivity index is 1.23. The molecule has 2 fully saturated rings. The van der Waals surface area contributed by atoms with Crippen LogP contribution >= 0.6 is 0 Å². The third kappa shape index (κ3) is 6.25. The number of carbonyl (C=O) groups is 3. The summed E-state index contributed by atoms with van der Waals surface area (Å²) < 4.78 is 55.2. The molecule has 1 saturated heterocycles. The minimum atomic E-state index is -4.53. The first-order chi connectivity index (χ1) is 19.2. The molecule has 3 aromatic rings. The van der Waals surface area contributed by atoms with Gasteiger partial charge in [0.05, 0.1) is 17.5 Å². The molecule has 1 aliphatic heterocycles. The van der Waals surface area contributed by atoms with Gasteiger partial charge in [-0.3, -0.25) is 9.59 Å². The van der Waals surface area contributed by atoms with Crippen molar-refractivity contribution in [3.63, 3.8) is 0 Å². The molecule has 1 saturated carbocycles. The van der Waals surface area contributed by atoms with Crippen LogP contribution in [-0.2, 0) is 25.2 Å². The summed E-state index contributed by atoms with van der Waals surface area (Å²) in [5.41, 5.74) is 1.45. The number of halogens is 3. The summed E-state index contributed by atoms with van der Waals surface area (Å²) in [6.07, 6.45) is -2.34. The van der Waals surface area contributed by atoms with Gasteiger partial charge in [-0.05, 0) is 47.5 Å². The molecule has 1 heterocycles. The van der Waals surface area contributed by atoms with Gasteiger partial charge in [0.1, 0.15) is 18.0 Å². The van der Waals surface area contributed by atoms with E-state index in [-0.39, 0.29) is 24.1 Å². The SMILES string of the molecule is O=C(/C=C/C1C(OC(=O)c2ccc(-c3ccccc3)cc2)CC2OC(=O)CC21)COc1cccc(C(F)(F)F)c1. The summed E-state index contributed by atoms with van der Waals surface area (Å²) in [5.74, 6) is -2.19. The number of hydrogen-bond donors (Lipinski definition) is 0. The number of esters is 2. The highest BCUT2D eigenvalue weighted by Crippen LogP contribution is 2.43. The molecule has 0 amide bonds. The molecule has 5 rings (SSSR count). The summed E-state index contributed by atoms with van der Waals surface area (Å²) in [7, 11) is 0. The van der Waals surface area contributed by atoms with E-state index in [1.54, 1.807) is 18.2 Å². The van der Waals surface area contributed by atoms with E-state index in [0.29, 0.717) is 12.0 Å². The molecule has 40 heavy (non-hydrogen) atoms. The van der Waals surface area contributed by atoms with E-state index < -0.39 is 48.2 Å². The highest BCUT2D eigenvalue weighted by molar-refractivity contribution is 5.91. The first-order valence-electron chi connectivity index (χ1n) is 12.7. The van der Waals surface area contributed by atoms with Gasteiger partial charge in [0.2, 0.25) is 0 Å². The van der Waals surface area contributed by atoms with Gasteiger partial charge in [-0.25, -0.2) is 4.79 Å². The maximum absolute atomic E-state index is 13.0. The van der Waals surface area contributed by atoms with Crippen molar-refractivity contribution < 1.29 is 41.8 Å². The Labute approximate surface area is 228 Å². The van der Waals surface area contributed by atoms with Crippen molar-refractivity contribution in [1.29, 1.82) is 0 Å². The van der Waals surface area contributed by atoms with E-state index in [1.165, 1.54) is 18.2 Å². The van der Waals surface area contributed by atoms with Crippen LogP contribution in [0.15, 0.2) is 91.0 Å². The summed E-state index contributed by atoms with van der Waals surface area (Å²) in [4.78, 5) is 37.3. The first-order valence-corrected chi connectivity index (χ1v) is 12.7. The fraction of sp³-hybridized carbons (Fsp3) is 0.258. The lowest BCUT2D eigenvalue weighted by Crippen LogP contribution is -2.25. The van der Waals surface area contributed by atoms with Gasteiger partial charge < -0.3 is 14.2 Å². The molecule has 9 heteroatoms. The molecule has 0 spiro atoms. The monoisotopic (exact) mass is 550 g/mol. The smallest absolute Gasteiger partial charge is 0.416 e. The molecule has 4 atom stereocenters. The molecule has 206 valence electrons. The molecule has 0 aromatic heterocycles. The van der Waals surface area contributed by atoms with Gasteiger partial charge in [-0.15, -0.1) is 0 Å². The fourth-order valence-electron chi connectivity index (χ4n) is 5.11. The number of ether oxygens (including phenoxy) is 3. The van der Waals surface area contributed by atoms with Crippen LogP contribution in [0.2, 0.25) is 0 Å². The third-order valence-corrected chi connectivity index (χ3v) is 7.08. The van der Waals surface area contributed by atoms with Crippen LogP contribution in [0.1, 0.15) is 28.8 Å². The minimum Gasteiger partial charge on any atom is -0.485 e. The lowest BCUT2D eigenvalue weighted by atomic mass is 9.91. The van der Waals surface area contributed by atoms with Crippen molar-refractivity contribution in [2.24, 2.45) is 11.8 Å². The Morgan fingerprint density at radius 2 is 1.68 bits per heavy atom. The molecule has 1 aliphatic carbocycles. The normalized spacial score (nSPS) is 22.1. The second-order valence-corrected chi connectivity index (χ2v) is 9.74. The van der Waals surface area contributed by atoms with Crippen molar-refractivity contribution in [2.45, 2.75) is 31.2 Å². The van der Waals surface area contributed by atoms with Gasteiger partial charge in [-0.1, -0.05) is 54.6 Å². The highest BCUT2D eigenvalue weighted by atomic mass is 19.4. The van der Waals surface area contributed by atoms with E-state index in [0.717, 1.165) is 23.3 Å². The maximum Gasteiger partial charge on any atom is 0.416 e. The summed E-state index contributed by atoms with van der Waals surface area (Å²) >= 11 is 0. The van der Waals surface area contributed by atoms with Gasteiger partial charge in [0.15, 0.2) is 12.4 Å². The van der Waals surface area contributed by atoms with Gasteiger partial charge in [0, 0.05) is 18.3 Å². The molecule has 3 aromatic carbocycles. The van der Waals surface area contributed by atoms with Crippen molar-refractivity contribution in [1.82, 2.24) is 0 Å². The molecule has 4 unspecified atom stereocenters. The van der Waals surface area contributed by atoms with Crippen LogP contribution in [0.4, 0.5) is 13.2 Å². The Morgan fingerprint density at radius 3 is 2.40 bits per heavy atom. The number of rotatable bonds is 8. The van der Waals surface area contributed by atoms with Crippen molar-refractivity contribution in [3.05, 3.63) is 102 Å². The highest BCUT2D eigenvalue weighted by Gasteiger charge is 2.50. The predicted molar refractivity (Wildman–Crippen MR) is 138 cm³/mol. The predicted octanol–water partition coefficient (Wildman–Crippen LogP) is 6.05. The van der Waals surface area contributed by atoms with E-state index in [1.807, 2.05) is 42.5 Å². The minimum absolute atomic E-state index is 0.0858. The van der Waals surface area contributed by atoms with Crippen LogP contribution in [0.5, 0.6) is 5.75 Å². The van der Waals surface area contributed by atoms with Crippen LogP contribution in [0.3, 0.4) is 0 Å². The Hall–Kier alpha value is -4.40. The van der Waals surface area contributed by atoms with E-state index in [4.69, 9.17) is 14.2 Å². The maximum atomic E-state index is 13.0. The molecule has 0 bridgehead atoms. The molecular weight excluding hydrogens is 525 g/mol. The lowest BCUT2D eigenvalue weighted by molar-refractivity contribution is -0.142. The largest absolute Gasteiger partial charge is 0.485 e. The molecule has 0 radical (unpaired) electrons. The van der Waals surface area contributed by atoms with Gasteiger partial charge in [-0.2, -0.15) is 13.2 Å².